The average Bonchev–Trinajstić information content (AvgIpc) is 2.75. The Bertz CT molecular complexity index is 431. The third-order valence-corrected chi connectivity index (χ3v) is 6.40. The Balaban J connectivity index is 2.10. The lowest BCUT2D eigenvalue weighted by Gasteiger charge is -2.42. The summed E-state index contributed by atoms with van der Waals surface area (Å²) in [6.45, 7) is 6.91. The molecule has 2 rings (SSSR count). The van der Waals surface area contributed by atoms with Crippen LogP contribution in [0, 0.1) is 5.41 Å². The van der Waals surface area contributed by atoms with E-state index in [1.54, 1.807) is 0 Å². The Labute approximate surface area is 135 Å². The number of hydrogen-bond acceptors (Lipinski definition) is 3. The van der Waals surface area contributed by atoms with Crippen molar-refractivity contribution in [3.8, 4) is 0 Å². The van der Waals surface area contributed by atoms with Crippen LogP contribution >= 0.6 is 27.3 Å². The second-order valence-electron chi connectivity index (χ2n) is 7.01. The SMILES string of the molecule is CC(N)C(c1ccc(Br)s1)N(C)C1CCC(C)(C)CC1. The highest BCUT2D eigenvalue weighted by Crippen LogP contribution is 2.40. The first-order valence-corrected chi connectivity index (χ1v) is 9.14. The standard InChI is InChI=1S/C16H27BrN2S/c1-11(18)15(13-5-6-14(17)20-13)19(4)12-7-9-16(2,3)10-8-12/h5-6,11-12,15H,7-10,18H2,1-4H3. The summed E-state index contributed by atoms with van der Waals surface area (Å²) in [4.78, 5) is 3.90. The number of nitrogens with two attached hydrogens (primary N) is 1. The van der Waals surface area contributed by atoms with Crippen molar-refractivity contribution in [2.45, 2.75) is 64.6 Å². The van der Waals surface area contributed by atoms with Crippen molar-refractivity contribution in [3.05, 3.63) is 20.8 Å². The van der Waals surface area contributed by atoms with Gasteiger partial charge in [-0.25, -0.2) is 0 Å². The Hall–Kier alpha value is 0.1000. The van der Waals surface area contributed by atoms with E-state index in [9.17, 15) is 0 Å². The molecule has 0 saturated heterocycles. The minimum absolute atomic E-state index is 0.153. The van der Waals surface area contributed by atoms with Gasteiger partial charge < -0.3 is 5.73 Å². The van der Waals surface area contributed by atoms with Crippen molar-refractivity contribution in [2.24, 2.45) is 11.1 Å². The zero-order chi connectivity index (χ0) is 14.9. The van der Waals surface area contributed by atoms with Gasteiger partial charge >= 0.3 is 0 Å². The second-order valence-corrected chi connectivity index (χ2v) is 9.50. The summed E-state index contributed by atoms with van der Waals surface area (Å²) in [5.41, 5.74) is 6.81. The molecule has 1 fully saturated rings. The van der Waals surface area contributed by atoms with Crippen LogP contribution in [0.5, 0.6) is 0 Å². The van der Waals surface area contributed by atoms with E-state index in [4.69, 9.17) is 5.73 Å². The fraction of sp³-hybridized carbons (Fsp3) is 0.750. The number of nitrogens with zero attached hydrogens (tertiary/aromatic N) is 1. The first-order valence-electron chi connectivity index (χ1n) is 7.53. The number of hydrogen-bond donors (Lipinski definition) is 1. The molecule has 1 aromatic heterocycles. The molecule has 1 aromatic rings. The molecule has 0 amide bonds. The van der Waals surface area contributed by atoms with Gasteiger partial charge in [-0.1, -0.05) is 13.8 Å². The molecular formula is C16H27BrN2S. The summed E-state index contributed by atoms with van der Waals surface area (Å²) in [6, 6.07) is 5.50. The van der Waals surface area contributed by atoms with Crippen molar-refractivity contribution in [1.29, 1.82) is 0 Å². The van der Waals surface area contributed by atoms with Gasteiger partial charge in [0.05, 0.1) is 9.83 Å². The zero-order valence-electron chi connectivity index (χ0n) is 13.0. The smallest absolute Gasteiger partial charge is 0.0702 e. The monoisotopic (exact) mass is 358 g/mol. The molecule has 1 aliphatic rings. The molecule has 114 valence electrons. The molecule has 20 heavy (non-hydrogen) atoms. The molecule has 0 bridgehead atoms. The van der Waals surface area contributed by atoms with Gasteiger partial charge in [0, 0.05) is 17.0 Å². The van der Waals surface area contributed by atoms with Crippen molar-refractivity contribution in [1.82, 2.24) is 4.90 Å². The van der Waals surface area contributed by atoms with E-state index in [0.717, 1.165) is 0 Å². The maximum absolute atomic E-state index is 6.29. The molecule has 1 heterocycles. The number of likely N-dealkylation sites (N-methyl/N-ethyl adjacent to an activating group) is 1. The number of rotatable bonds is 4. The van der Waals surface area contributed by atoms with Crippen LogP contribution in [-0.2, 0) is 0 Å². The van der Waals surface area contributed by atoms with Gasteiger partial charge in [-0.05, 0) is 73.1 Å². The predicted octanol–water partition coefficient (Wildman–Crippen LogP) is 4.80. The Morgan fingerprint density at radius 1 is 1.35 bits per heavy atom. The molecule has 0 radical (unpaired) electrons. The van der Waals surface area contributed by atoms with Gasteiger partial charge in [-0.15, -0.1) is 11.3 Å². The third-order valence-electron chi connectivity index (χ3n) is 4.71. The molecule has 1 saturated carbocycles. The van der Waals surface area contributed by atoms with Crippen LogP contribution in [0.3, 0.4) is 0 Å². The van der Waals surface area contributed by atoms with Gasteiger partial charge in [0.2, 0.25) is 0 Å². The summed E-state index contributed by atoms with van der Waals surface area (Å²) in [6.07, 6.45) is 5.22. The van der Waals surface area contributed by atoms with E-state index >= 15 is 0 Å². The normalized spacial score (nSPS) is 22.9. The first kappa shape index (κ1) is 16.5. The van der Waals surface area contributed by atoms with E-state index in [2.05, 4.69) is 60.8 Å². The average molecular weight is 359 g/mol. The lowest BCUT2D eigenvalue weighted by Crippen LogP contribution is -2.44. The van der Waals surface area contributed by atoms with Gasteiger partial charge in [0.25, 0.3) is 0 Å². The summed E-state index contributed by atoms with van der Waals surface area (Å²) < 4.78 is 1.19. The molecule has 2 atom stereocenters. The Morgan fingerprint density at radius 3 is 2.40 bits per heavy atom. The Morgan fingerprint density at radius 2 is 1.95 bits per heavy atom. The summed E-state index contributed by atoms with van der Waals surface area (Å²) >= 11 is 5.38. The fourth-order valence-corrected chi connectivity index (χ4v) is 5.03. The van der Waals surface area contributed by atoms with Gasteiger partial charge in [-0.3, -0.25) is 4.90 Å². The molecule has 0 aliphatic heterocycles. The minimum Gasteiger partial charge on any atom is -0.326 e. The molecule has 2 N–H and O–H groups in total. The van der Waals surface area contributed by atoms with Crippen LogP contribution in [0.2, 0.25) is 0 Å². The van der Waals surface area contributed by atoms with Crippen molar-refractivity contribution in [3.63, 3.8) is 0 Å². The van der Waals surface area contributed by atoms with Crippen LogP contribution in [0.15, 0.2) is 15.9 Å². The van der Waals surface area contributed by atoms with Crippen molar-refractivity contribution >= 4 is 27.3 Å². The fourth-order valence-electron chi connectivity index (χ4n) is 3.34. The van der Waals surface area contributed by atoms with E-state index in [1.807, 2.05) is 11.3 Å². The lowest BCUT2D eigenvalue weighted by molar-refractivity contribution is 0.0870. The van der Waals surface area contributed by atoms with E-state index < -0.39 is 0 Å². The molecule has 4 heteroatoms. The van der Waals surface area contributed by atoms with Crippen molar-refractivity contribution < 1.29 is 0 Å². The van der Waals surface area contributed by atoms with E-state index in [-0.39, 0.29) is 6.04 Å². The van der Waals surface area contributed by atoms with E-state index in [0.29, 0.717) is 17.5 Å². The Kier molecular flexibility index (Phi) is 5.33. The number of halogens is 1. The van der Waals surface area contributed by atoms with Crippen LogP contribution < -0.4 is 5.73 Å². The third kappa shape index (κ3) is 3.85. The minimum atomic E-state index is 0.153. The van der Waals surface area contributed by atoms with Gasteiger partial charge in [-0.2, -0.15) is 0 Å². The predicted molar refractivity (Wildman–Crippen MR) is 92.2 cm³/mol. The zero-order valence-corrected chi connectivity index (χ0v) is 15.4. The van der Waals surface area contributed by atoms with E-state index in [1.165, 1.54) is 34.3 Å². The molecule has 2 nitrogen and oxygen atoms in total. The highest BCUT2D eigenvalue weighted by atomic mass is 79.9. The summed E-state index contributed by atoms with van der Waals surface area (Å²) in [5, 5.41) is 0. The summed E-state index contributed by atoms with van der Waals surface area (Å²) in [7, 11) is 2.25. The number of thiophene rings is 1. The van der Waals surface area contributed by atoms with Gasteiger partial charge in [0.15, 0.2) is 0 Å². The maximum atomic E-state index is 6.29. The van der Waals surface area contributed by atoms with Crippen LogP contribution in [0.25, 0.3) is 0 Å². The topological polar surface area (TPSA) is 29.3 Å². The highest BCUT2D eigenvalue weighted by molar-refractivity contribution is 9.11. The highest BCUT2D eigenvalue weighted by Gasteiger charge is 2.33. The maximum Gasteiger partial charge on any atom is 0.0702 e. The quantitative estimate of drug-likeness (QED) is 0.837. The van der Waals surface area contributed by atoms with Crippen LogP contribution in [0.4, 0.5) is 0 Å². The van der Waals surface area contributed by atoms with Gasteiger partial charge in [0.1, 0.15) is 0 Å². The van der Waals surface area contributed by atoms with Crippen LogP contribution in [0.1, 0.15) is 57.4 Å². The first-order chi connectivity index (χ1) is 9.30. The largest absolute Gasteiger partial charge is 0.326 e. The van der Waals surface area contributed by atoms with Crippen LogP contribution in [-0.4, -0.2) is 24.0 Å². The molecule has 0 spiro atoms. The second kappa shape index (κ2) is 6.47. The lowest BCUT2D eigenvalue weighted by atomic mass is 9.75. The van der Waals surface area contributed by atoms with Crippen molar-refractivity contribution in [2.75, 3.05) is 7.05 Å². The summed E-state index contributed by atoms with van der Waals surface area (Å²) in [5.74, 6) is 0. The molecule has 1 aliphatic carbocycles. The molecule has 0 aromatic carbocycles. The molecule has 2 unspecified atom stereocenters. The molecular weight excluding hydrogens is 332 g/mol.